The molecule has 1 aliphatic heterocycles. The molecule has 5 heteroatoms. The quantitative estimate of drug-likeness (QED) is 0.646. The van der Waals surface area contributed by atoms with E-state index in [1.54, 1.807) is 0 Å². The first kappa shape index (κ1) is 17.1. The first-order valence-corrected chi connectivity index (χ1v) is 9.39. The summed E-state index contributed by atoms with van der Waals surface area (Å²) in [7, 11) is 0. The van der Waals surface area contributed by atoms with E-state index in [0.717, 1.165) is 29.1 Å². The van der Waals surface area contributed by atoms with Gasteiger partial charge < -0.3 is 15.6 Å². The molecule has 1 aromatic heterocycles. The highest BCUT2D eigenvalue weighted by Gasteiger charge is 2.33. The van der Waals surface area contributed by atoms with Crippen molar-refractivity contribution in [3.8, 4) is 0 Å². The molecule has 3 aromatic rings. The van der Waals surface area contributed by atoms with E-state index >= 15 is 0 Å². The zero-order chi connectivity index (χ0) is 17.9. The Hall–Kier alpha value is -2.30. The topological polar surface area (TPSA) is 56.9 Å². The summed E-state index contributed by atoms with van der Waals surface area (Å²) in [5, 5.41) is 8.41. The number of aromatic amines is 1. The second kappa shape index (κ2) is 7.52. The van der Waals surface area contributed by atoms with Crippen LogP contribution >= 0.6 is 11.6 Å². The number of para-hydroxylation sites is 1. The molecule has 0 spiro atoms. The van der Waals surface area contributed by atoms with Crippen molar-refractivity contribution < 1.29 is 4.79 Å². The lowest BCUT2D eigenvalue weighted by atomic mass is 9.88. The number of fused-ring (bicyclic) bond motifs is 1. The fourth-order valence-electron chi connectivity index (χ4n) is 3.80. The van der Waals surface area contributed by atoms with Crippen molar-refractivity contribution in [2.75, 3.05) is 19.6 Å². The lowest BCUT2D eigenvalue weighted by Crippen LogP contribution is -2.35. The standard InChI is InChI=1S/C21H22ClN3O/c22-16-7-5-14(6-8-16)18-12-23-13-19(18)21(26)24-10-9-15-11-25-20-4-2-1-3-17(15)20/h1-8,11,18-19,23,25H,9-10,12-13H2,(H,24,26)/t18-,19+/m0/s1. The Morgan fingerprint density at radius 3 is 2.77 bits per heavy atom. The van der Waals surface area contributed by atoms with E-state index in [2.05, 4.69) is 27.8 Å². The molecule has 0 radical (unpaired) electrons. The Kier molecular flexibility index (Phi) is 4.96. The minimum absolute atomic E-state index is 0.0425. The molecule has 4 rings (SSSR count). The van der Waals surface area contributed by atoms with Crippen molar-refractivity contribution in [2.45, 2.75) is 12.3 Å². The number of rotatable bonds is 5. The molecule has 0 saturated carbocycles. The summed E-state index contributed by atoms with van der Waals surface area (Å²) in [6.07, 6.45) is 2.85. The lowest BCUT2D eigenvalue weighted by Gasteiger charge is -2.18. The molecule has 3 N–H and O–H groups in total. The maximum absolute atomic E-state index is 12.7. The molecular weight excluding hydrogens is 346 g/mol. The van der Waals surface area contributed by atoms with Gasteiger partial charge >= 0.3 is 0 Å². The second-order valence-corrected chi connectivity index (χ2v) is 7.26. The molecule has 0 aliphatic carbocycles. The fraction of sp³-hybridized carbons (Fsp3) is 0.286. The van der Waals surface area contributed by atoms with Crippen LogP contribution in [0.4, 0.5) is 0 Å². The minimum Gasteiger partial charge on any atom is -0.361 e. The Balaban J connectivity index is 1.37. The number of carbonyl (C=O) groups excluding carboxylic acids is 1. The predicted octanol–water partition coefficient (Wildman–Crippen LogP) is 3.48. The summed E-state index contributed by atoms with van der Waals surface area (Å²) >= 11 is 5.98. The van der Waals surface area contributed by atoms with Crippen molar-refractivity contribution in [1.82, 2.24) is 15.6 Å². The molecule has 1 amide bonds. The molecule has 1 saturated heterocycles. The molecule has 0 unspecified atom stereocenters. The van der Waals surface area contributed by atoms with Crippen LogP contribution in [-0.4, -0.2) is 30.5 Å². The number of aromatic nitrogens is 1. The number of halogens is 1. The van der Waals surface area contributed by atoms with E-state index in [1.165, 1.54) is 10.9 Å². The lowest BCUT2D eigenvalue weighted by molar-refractivity contribution is -0.124. The van der Waals surface area contributed by atoms with Gasteiger partial charge in [0, 0.05) is 47.7 Å². The second-order valence-electron chi connectivity index (χ2n) is 6.82. The monoisotopic (exact) mass is 367 g/mol. The van der Waals surface area contributed by atoms with E-state index in [9.17, 15) is 4.79 Å². The average molecular weight is 368 g/mol. The average Bonchev–Trinajstić information content (AvgIpc) is 3.30. The van der Waals surface area contributed by atoms with Gasteiger partial charge in [0.05, 0.1) is 5.92 Å². The number of H-pyrrole nitrogens is 1. The van der Waals surface area contributed by atoms with Gasteiger partial charge in [0.25, 0.3) is 0 Å². The summed E-state index contributed by atoms with van der Waals surface area (Å²) in [5.74, 6) is 0.272. The zero-order valence-corrected chi connectivity index (χ0v) is 15.2. The van der Waals surface area contributed by atoms with Gasteiger partial charge in [0.1, 0.15) is 0 Å². The van der Waals surface area contributed by atoms with Crippen LogP contribution in [0.15, 0.2) is 54.7 Å². The maximum Gasteiger partial charge on any atom is 0.225 e. The van der Waals surface area contributed by atoms with E-state index in [-0.39, 0.29) is 17.7 Å². The summed E-state index contributed by atoms with van der Waals surface area (Å²) in [5.41, 5.74) is 3.53. The van der Waals surface area contributed by atoms with Crippen LogP contribution in [0.3, 0.4) is 0 Å². The Labute approximate surface area is 157 Å². The SMILES string of the molecule is O=C(NCCc1c[nH]c2ccccc12)[C@@H]1CNC[C@H]1c1ccc(Cl)cc1. The van der Waals surface area contributed by atoms with Crippen molar-refractivity contribution in [1.29, 1.82) is 0 Å². The van der Waals surface area contributed by atoms with Gasteiger partial charge in [-0.05, 0) is 35.7 Å². The Morgan fingerprint density at radius 2 is 1.92 bits per heavy atom. The van der Waals surface area contributed by atoms with Crippen LogP contribution in [0.5, 0.6) is 0 Å². The van der Waals surface area contributed by atoms with Gasteiger partial charge in [-0.1, -0.05) is 41.9 Å². The number of hydrogen-bond donors (Lipinski definition) is 3. The van der Waals surface area contributed by atoms with Crippen LogP contribution in [0, 0.1) is 5.92 Å². The molecular formula is C21H22ClN3O. The molecule has 2 aromatic carbocycles. The largest absolute Gasteiger partial charge is 0.361 e. The van der Waals surface area contributed by atoms with Crippen LogP contribution in [-0.2, 0) is 11.2 Å². The molecule has 0 bridgehead atoms. The first-order valence-electron chi connectivity index (χ1n) is 9.01. The van der Waals surface area contributed by atoms with Crippen molar-refractivity contribution >= 4 is 28.4 Å². The third kappa shape index (κ3) is 3.48. The number of amides is 1. The predicted molar refractivity (Wildman–Crippen MR) is 106 cm³/mol. The van der Waals surface area contributed by atoms with Crippen molar-refractivity contribution in [2.24, 2.45) is 5.92 Å². The third-order valence-corrected chi connectivity index (χ3v) is 5.47. The highest BCUT2D eigenvalue weighted by molar-refractivity contribution is 6.30. The molecule has 1 fully saturated rings. The van der Waals surface area contributed by atoms with Crippen molar-refractivity contribution in [3.63, 3.8) is 0 Å². The van der Waals surface area contributed by atoms with E-state index in [1.807, 2.05) is 42.6 Å². The van der Waals surface area contributed by atoms with Gasteiger partial charge in [-0.3, -0.25) is 4.79 Å². The molecule has 4 nitrogen and oxygen atoms in total. The smallest absolute Gasteiger partial charge is 0.225 e. The molecule has 26 heavy (non-hydrogen) atoms. The van der Waals surface area contributed by atoms with Gasteiger partial charge in [-0.15, -0.1) is 0 Å². The summed E-state index contributed by atoms with van der Waals surface area (Å²) in [6.45, 7) is 2.18. The molecule has 1 aliphatic rings. The highest BCUT2D eigenvalue weighted by atomic mass is 35.5. The summed E-state index contributed by atoms with van der Waals surface area (Å²) < 4.78 is 0. The third-order valence-electron chi connectivity index (χ3n) is 5.22. The summed E-state index contributed by atoms with van der Waals surface area (Å²) in [4.78, 5) is 16.0. The molecule has 2 heterocycles. The van der Waals surface area contributed by atoms with Crippen LogP contribution < -0.4 is 10.6 Å². The zero-order valence-electron chi connectivity index (χ0n) is 14.5. The maximum atomic E-state index is 12.7. The van der Waals surface area contributed by atoms with Crippen LogP contribution in [0.1, 0.15) is 17.0 Å². The van der Waals surface area contributed by atoms with Gasteiger partial charge in [0.2, 0.25) is 5.91 Å². The van der Waals surface area contributed by atoms with Crippen LogP contribution in [0.25, 0.3) is 10.9 Å². The van der Waals surface area contributed by atoms with Gasteiger partial charge in [-0.25, -0.2) is 0 Å². The van der Waals surface area contributed by atoms with Gasteiger partial charge in [-0.2, -0.15) is 0 Å². The Bertz CT molecular complexity index is 903. The number of nitrogens with one attached hydrogen (secondary N) is 3. The van der Waals surface area contributed by atoms with Crippen molar-refractivity contribution in [3.05, 3.63) is 70.9 Å². The minimum atomic E-state index is -0.0425. The Morgan fingerprint density at radius 1 is 1.12 bits per heavy atom. The number of carbonyl (C=O) groups is 1. The first-order chi connectivity index (χ1) is 12.7. The fourth-order valence-corrected chi connectivity index (χ4v) is 3.93. The molecule has 2 atom stereocenters. The van der Waals surface area contributed by atoms with Crippen LogP contribution in [0.2, 0.25) is 5.02 Å². The number of benzene rings is 2. The molecule has 134 valence electrons. The van der Waals surface area contributed by atoms with E-state index in [4.69, 9.17) is 11.6 Å². The highest BCUT2D eigenvalue weighted by Crippen LogP contribution is 2.29. The number of hydrogen-bond acceptors (Lipinski definition) is 2. The normalized spacial score (nSPS) is 19.7. The van der Waals surface area contributed by atoms with Gasteiger partial charge in [0.15, 0.2) is 0 Å². The summed E-state index contributed by atoms with van der Waals surface area (Å²) in [6, 6.07) is 16.1. The van der Waals surface area contributed by atoms with E-state index < -0.39 is 0 Å². The van der Waals surface area contributed by atoms with E-state index in [0.29, 0.717) is 13.1 Å².